The number of nitrogens with zero attached hydrogens (tertiary/aromatic N) is 2. The summed E-state index contributed by atoms with van der Waals surface area (Å²) in [7, 11) is 0. The number of hydrogen-bond acceptors (Lipinski definition) is 2. The topological polar surface area (TPSA) is 29.9 Å². The molecule has 1 N–H and O–H groups in total. The molecule has 0 atom stereocenters. The third-order valence-corrected chi connectivity index (χ3v) is 2.62. The molecule has 0 spiro atoms. The summed E-state index contributed by atoms with van der Waals surface area (Å²) in [5.41, 5.74) is 2.54. The lowest BCUT2D eigenvalue weighted by Gasteiger charge is -2.07. The van der Waals surface area contributed by atoms with Crippen molar-refractivity contribution in [3.8, 4) is 0 Å². The van der Waals surface area contributed by atoms with E-state index in [1.54, 1.807) is 0 Å². The van der Waals surface area contributed by atoms with Crippen LogP contribution in [-0.4, -0.2) is 9.55 Å². The molecule has 1 heterocycles. The molecule has 0 saturated heterocycles. The molecular weight excluding hydrogens is 198 g/mol. The number of benzene rings is 1. The molecule has 84 valence electrons. The maximum atomic E-state index is 4.14. The fourth-order valence-electron chi connectivity index (χ4n) is 1.71. The summed E-state index contributed by atoms with van der Waals surface area (Å²) in [5.74, 6) is 0. The summed E-state index contributed by atoms with van der Waals surface area (Å²) in [6.45, 7) is 4.86. The SMILES string of the molecule is CCn1cncc1CNCc1ccccc1. The van der Waals surface area contributed by atoms with Crippen LogP contribution in [0.4, 0.5) is 0 Å². The van der Waals surface area contributed by atoms with Crippen LogP contribution in [0, 0.1) is 0 Å². The molecule has 2 rings (SSSR count). The van der Waals surface area contributed by atoms with Gasteiger partial charge in [-0.05, 0) is 12.5 Å². The van der Waals surface area contributed by atoms with Gasteiger partial charge < -0.3 is 9.88 Å². The summed E-state index contributed by atoms with van der Waals surface area (Å²) in [6, 6.07) is 10.4. The van der Waals surface area contributed by atoms with Crippen molar-refractivity contribution in [2.24, 2.45) is 0 Å². The van der Waals surface area contributed by atoms with E-state index in [1.807, 2.05) is 18.6 Å². The summed E-state index contributed by atoms with van der Waals surface area (Å²) in [4.78, 5) is 4.14. The lowest BCUT2D eigenvalue weighted by atomic mass is 10.2. The van der Waals surface area contributed by atoms with E-state index >= 15 is 0 Å². The van der Waals surface area contributed by atoms with E-state index in [-0.39, 0.29) is 0 Å². The van der Waals surface area contributed by atoms with Gasteiger partial charge in [0.15, 0.2) is 0 Å². The van der Waals surface area contributed by atoms with Gasteiger partial charge in [-0.1, -0.05) is 30.3 Å². The van der Waals surface area contributed by atoms with E-state index in [9.17, 15) is 0 Å². The average Bonchev–Trinajstić information content (AvgIpc) is 2.78. The van der Waals surface area contributed by atoms with Crippen molar-refractivity contribution in [2.45, 2.75) is 26.6 Å². The predicted molar refractivity (Wildman–Crippen MR) is 64.9 cm³/mol. The minimum Gasteiger partial charge on any atom is -0.334 e. The van der Waals surface area contributed by atoms with Crippen LogP contribution >= 0.6 is 0 Å². The Morgan fingerprint density at radius 2 is 2.00 bits per heavy atom. The second kappa shape index (κ2) is 5.47. The van der Waals surface area contributed by atoms with Gasteiger partial charge in [-0.25, -0.2) is 4.98 Å². The summed E-state index contributed by atoms with van der Waals surface area (Å²) in [6.07, 6.45) is 3.79. The Labute approximate surface area is 96.1 Å². The molecule has 1 aromatic carbocycles. The maximum Gasteiger partial charge on any atom is 0.0948 e. The molecule has 16 heavy (non-hydrogen) atoms. The second-order valence-electron chi connectivity index (χ2n) is 3.76. The molecule has 0 amide bonds. The Morgan fingerprint density at radius 1 is 1.19 bits per heavy atom. The van der Waals surface area contributed by atoms with Crippen molar-refractivity contribution in [1.29, 1.82) is 0 Å². The quantitative estimate of drug-likeness (QED) is 0.828. The Morgan fingerprint density at radius 3 is 2.75 bits per heavy atom. The normalized spacial score (nSPS) is 10.6. The smallest absolute Gasteiger partial charge is 0.0948 e. The summed E-state index contributed by atoms with van der Waals surface area (Å²) >= 11 is 0. The van der Waals surface area contributed by atoms with Crippen molar-refractivity contribution in [1.82, 2.24) is 14.9 Å². The molecule has 0 fully saturated rings. The fraction of sp³-hybridized carbons (Fsp3) is 0.308. The van der Waals surface area contributed by atoms with E-state index < -0.39 is 0 Å². The van der Waals surface area contributed by atoms with E-state index in [2.05, 4.69) is 46.1 Å². The van der Waals surface area contributed by atoms with Crippen LogP contribution in [0.2, 0.25) is 0 Å². The first-order valence-electron chi connectivity index (χ1n) is 5.64. The highest BCUT2D eigenvalue weighted by molar-refractivity contribution is 5.14. The zero-order valence-electron chi connectivity index (χ0n) is 9.56. The van der Waals surface area contributed by atoms with Gasteiger partial charge in [0.05, 0.1) is 12.0 Å². The first kappa shape index (κ1) is 10.9. The Bertz CT molecular complexity index is 420. The van der Waals surface area contributed by atoms with Gasteiger partial charge in [0.1, 0.15) is 0 Å². The highest BCUT2D eigenvalue weighted by atomic mass is 15.1. The third kappa shape index (κ3) is 2.70. The lowest BCUT2D eigenvalue weighted by molar-refractivity contribution is 0.628. The summed E-state index contributed by atoms with van der Waals surface area (Å²) < 4.78 is 2.15. The molecule has 0 aliphatic carbocycles. The molecular formula is C13H17N3. The molecule has 0 unspecified atom stereocenters. The highest BCUT2D eigenvalue weighted by Gasteiger charge is 1.99. The molecule has 1 aromatic heterocycles. The zero-order valence-corrected chi connectivity index (χ0v) is 9.56. The van der Waals surface area contributed by atoms with Crippen molar-refractivity contribution in [2.75, 3.05) is 0 Å². The third-order valence-electron chi connectivity index (χ3n) is 2.62. The van der Waals surface area contributed by atoms with Gasteiger partial charge in [-0.2, -0.15) is 0 Å². The number of hydrogen-bond donors (Lipinski definition) is 1. The Balaban J connectivity index is 1.85. The minimum absolute atomic E-state index is 0.864. The van der Waals surface area contributed by atoms with Gasteiger partial charge in [0.25, 0.3) is 0 Å². The number of aromatic nitrogens is 2. The van der Waals surface area contributed by atoms with Crippen LogP contribution in [0.3, 0.4) is 0 Å². The fourth-order valence-corrected chi connectivity index (χ4v) is 1.71. The average molecular weight is 215 g/mol. The van der Waals surface area contributed by atoms with Crippen LogP contribution in [0.1, 0.15) is 18.2 Å². The van der Waals surface area contributed by atoms with E-state index in [0.717, 1.165) is 19.6 Å². The second-order valence-corrected chi connectivity index (χ2v) is 3.76. The molecule has 0 bridgehead atoms. The number of aryl methyl sites for hydroxylation is 1. The minimum atomic E-state index is 0.864. The highest BCUT2D eigenvalue weighted by Crippen LogP contribution is 2.01. The molecule has 3 nitrogen and oxygen atoms in total. The van der Waals surface area contributed by atoms with Crippen LogP contribution in [0.5, 0.6) is 0 Å². The molecule has 2 aromatic rings. The molecule has 0 saturated carbocycles. The van der Waals surface area contributed by atoms with Crippen molar-refractivity contribution in [3.63, 3.8) is 0 Å². The van der Waals surface area contributed by atoms with Crippen LogP contribution < -0.4 is 5.32 Å². The molecule has 0 aliphatic rings. The van der Waals surface area contributed by atoms with Gasteiger partial charge in [-0.15, -0.1) is 0 Å². The first-order chi connectivity index (χ1) is 7.90. The van der Waals surface area contributed by atoms with Gasteiger partial charge in [-0.3, -0.25) is 0 Å². The standard InChI is InChI=1S/C13H17N3/c1-2-16-11-15-10-13(16)9-14-8-12-6-4-3-5-7-12/h3-7,10-11,14H,2,8-9H2,1H3. The lowest BCUT2D eigenvalue weighted by Crippen LogP contribution is -2.15. The Kier molecular flexibility index (Phi) is 3.72. The first-order valence-corrected chi connectivity index (χ1v) is 5.64. The van der Waals surface area contributed by atoms with E-state index in [1.165, 1.54) is 11.3 Å². The van der Waals surface area contributed by atoms with Crippen LogP contribution in [0.15, 0.2) is 42.9 Å². The van der Waals surface area contributed by atoms with E-state index in [4.69, 9.17) is 0 Å². The van der Waals surface area contributed by atoms with Crippen molar-refractivity contribution >= 4 is 0 Å². The molecule has 0 radical (unpaired) electrons. The molecule has 0 aliphatic heterocycles. The summed E-state index contributed by atoms with van der Waals surface area (Å²) in [5, 5.41) is 3.42. The van der Waals surface area contributed by atoms with Crippen LogP contribution in [-0.2, 0) is 19.6 Å². The van der Waals surface area contributed by atoms with Crippen LogP contribution in [0.25, 0.3) is 0 Å². The zero-order chi connectivity index (χ0) is 11.2. The largest absolute Gasteiger partial charge is 0.334 e. The number of nitrogens with one attached hydrogen (secondary N) is 1. The van der Waals surface area contributed by atoms with Crippen molar-refractivity contribution < 1.29 is 0 Å². The number of rotatable bonds is 5. The van der Waals surface area contributed by atoms with Gasteiger partial charge in [0, 0.05) is 25.8 Å². The molecule has 3 heteroatoms. The predicted octanol–water partition coefficient (Wildman–Crippen LogP) is 2.19. The number of imidazole rings is 1. The van der Waals surface area contributed by atoms with Gasteiger partial charge >= 0.3 is 0 Å². The van der Waals surface area contributed by atoms with E-state index in [0.29, 0.717) is 0 Å². The Hall–Kier alpha value is -1.61. The monoisotopic (exact) mass is 215 g/mol. The van der Waals surface area contributed by atoms with Gasteiger partial charge in [0.2, 0.25) is 0 Å². The van der Waals surface area contributed by atoms with Crippen molar-refractivity contribution in [3.05, 3.63) is 54.1 Å². The maximum absolute atomic E-state index is 4.14.